The molecule has 19 heavy (non-hydrogen) atoms. The van der Waals surface area contributed by atoms with Crippen LogP contribution in [0.2, 0.25) is 0 Å². The third-order valence-corrected chi connectivity index (χ3v) is 5.08. The van der Waals surface area contributed by atoms with E-state index in [9.17, 15) is 0 Å². The molecule has 4 rings (SSSR count). The Morgan fingerprint density at radius 1 is 1.05 bits per heavy atom. The van der Waals surface area contributed by atoms with Gasteiger partial charge in [0.1, 0.15) is 17.1 Å². The number of fused-ring (bicyclic) bond motifs is 1. The third kappa shape index (κ3) is 2.11. The summed E-state index contributed by atoms with van der Waals surface area (Å²) < 4.78 is 12.4. The Morgan fingerprint density at radius 3 is 2.63 bits per heavy atom. The van der Waals surface area contributed by atoms with Crippen LogP contribution in [0.1, 0.15) is 56.9 Å². The zero-order chi connectivity index (χ0) is 12.7. The lowest BCUT2D eigenvalue weighted by Gasteiger charge is -2.45. The van der Waals surface area contributed by atoms with E-state index in [1.807, 2.05) is 0 Å². The lowest BCUT2D eigenvalue weighted by atomic mass is 9.74. The Kier molecular flexibility index (Phi) is 2.71. The zero-order valence-electron chi connectivity index (χ0n) is 11.5. The summed E-state index contributed by atoms with van der Waals surface area (Å²) in [5.74, 6) is 2.09. The molecule has 0 amide bonds. The monoisotopic (exact) mass is 258 g/mol. The predicted octanol–water partition coefficient (Wildman–Crippen LogP) is 4.26. The molecule has 0 unspecified atom stereocenters. The van der Waals surface area contributed by atoms with Gasteiger partial charge < -0.3 is 9.47 Å². The van der Waals surface area contributed by atoms with E-state index in [0.29, 0.717) is 6.10 Å². The molecule has 0 saturated heterocycles. The number of hydrogen-bond acceptors (Lipinski definition) is 2. The molecule has 0 aromatic heterocycles. The third-order valence-electron chi connectivity index (χ3n) is 5.08. The number of benzene rings is 1. The average molecular weight is 258 g/mol. The molecular weight excluding hydrogens is 236 g/mol. The number of aryl methyl sites for hydroxylation is 1. The normalized spacial score (nSPS) is 24.6. The largest absolute Gasteiger partial charge is 0.490 e. The van der Waals surface area contributed by atoms with Crippen molar-refractivity contribution in [3.05, 3.63) is 23.8 Å². The van der Waals surface area contributed by atoms with E-state index in [1.165, 1.54) is 63.4 Å². The smallest absolute Gasteiger partial charge is 0.127 e. The summed E-state index contributed by atoms with van der Waals surface area (Å²) in [6.45, 7) is 0. The van der Waals surface area contributed by atoms with Crippen molar-refractivity contribution in [2.45, 2.75) is 69.5 Å². The van der Waals surface area contributed by atoms with E-state index < -0.39 is 0 Å². The Labute approximate surface area is 115 Å². The summed E-state index contributed by atoms with van der Waals surface area (Å²) in [6.07, 6.45) is 11.6. The van der Waals surface area contributed by atoms with E-state index >= 15 is 0 Å². The first kappa shape index (κ1) is 11.6. The van der Waals surface area contributed by atoms with E-state index in [2.05, 4.69) is 18.2 Å². The quantitative estimate of drug-likeness (QED) is 0.789. The highest BCUT2D eigenvalue weighted by atomic mass is 16.5. The molecule has 0 N–H and O–H groups in total. The fourth-order valence-electron chi connectivity index (χ4n) is 3.68. The van der Waals surface area contributed by atoms with Gasteiger partial charge in [0.05, 0.1) is 6.10 Å². The summed E-state index contributed by atoms with van der Waals surface area (Å²) >= 11 is 0. The highest BCUT2D eigenvalue weighted by molar-refractivity contribution is 5.43. The summed E-state index contributed by atoms with van der Waals surface area (Å²) in [5.41, 5.74) is 1.54. The minimum Gasteiger partial charge on any atom is -0.490 e. The Hall–Kier alpha value is -1.18. The average Bonchev–Trinajstić information content (AvgIpc) is 2.89. The van der Waals surface area contributed by atoms with Crippen molar-refractivity contribution in [2.24, 2.45) is 0 Å². The minimum atomic E-state index is 0.180. The lowest BCUT2D eigenvalue weighted by Crippen LogP contribution is -2.45. The SMILES string of the molecule is c1cc2c(cc1OC1CCCC1)OC1(CCC1)CC2. The molecule has 2 heteroatoms. The van der Waals surface area contributed by atoms with Crippen molar-refractivity contribution in [3.63, 3.8) is 0 Å². The van der Waals surface area contributed by atoms with Crippen LogP contribution in [0.5, 0.6) is 11.5 Å². The van der Waals surface area contributed by atoms with E-state index in [0.717, 1.165) is 11.5 Å². The first-order chi connectivity index (χ1) is 9.33. The van der Waals surface area contributed by atoms with Gasteiger partial charge in [-0.25, -0.2) is 0 Å². The van der Waals surface area contributed by atoms with Gasteiger partial charge in [-0.15, -0.1) is 0 Å². The second-order valence-corrected chi connectivity index (χ2v) is 6.43. The predicted molar refractivity (Wildman–Crippen MR) is 74.9 cm³/mol. The van der Waals surface area contributed by atoms with Crippen molar-refractivity contribution >= 4 is 0 Å². The van der Waals surface area contributed by atoms with Crippen LogP contribution in [0.25, 0.3) is 0 Å². The van der Waals surface area contributed by atoms with Gasteiger partial charge in [0.25, 0.3) is 0 Å². The molecule has 0 bridgehead atoms. The van der Waals surface area contributed by atoms with Gasteiger partial charge in [0.15, 0.2) is 0 Å². The van der Waals surface area contributed by atoms with Gasteiger partial charge >= 0.3 is 0 Å². The van der Waals surface area contributed by atoms with Gasteiger partial charge in [-0.3, -0.25) is 0 Å². The van der Waals surface area contributed by atoms with Gasteiger partial charge in [0.2, 0.25) is 0 Å². The van der Waals surface area contributed by atoms with E-state index in [-0.39, 0.29) is 5.60 Å². The second-order valence-electron chi connectivity index (χ2n) is 6.43. The van der Waals surface area contributed by atoms with Gasteiger partial charge in [-0.2, -0.15) is 0 Å². The molecule has 2 nitrogen and oxygen atoms in total. The van der Waals surface area contributed by atoms with Crippen LogP contribution < -0.4 is 9.47 Å². The topological polar surface area (TPSA) is 18.5 Å². The molecule has 2 aliphatic carbocycles. The van der Waals surface area contributed by atoms with Crippen LogP contribution in [-0.4, -0.2) is 11.7 Å². The van der Waals surface area contributed by atoms with Crippen LogP contribution in [0, 0.1) is 0 Å². The fraction of sp³-hybridized carbons (Fsp3) is 0.647. The van der Waals surface area contributed by atoms with Crippen molar-refractivity contribution < 1.29 is 9.47 Å². The van der Waals surface area contributed by atoms with Crippen LogP contribution in [-0.2, 0) is 6.42 Å². The summed E-state index contributed by atoms with van der Waals surface area (Å²) in [7, 11) is 0. The first-order valence-corrected chi connectivity index (χ1v) is 7.82. The highest BCUT2D eigenvalue weighted by Crippen LogP contribution is 2.45. The molecule has 102 valence electrons. The van der Waals surface area contributed by atoms with Crippen LogP contribution >= 0.6 is 0 Å². The molecule has 0 radical (unpaired) electrons. The van der Waals surface area contributed by atoms with E-state index in [4.69, 9.17) is 9.47 Å². The van der Waals surface area contributed by atoms with Crippen LogP contribution in [0.15, 0.2) is 18.2 Å². The summed E-state index contributed by atoms with van der Waals surface area (Å²) in [5, 5.41) is 0. The van der Waals surface area contributed by atoms with Crippen molar-refractivity contribution in [3.8, 4) is 11.5 Å². The van der Waals surface area contributed by atoms with Crippen LogP contribution in [0.4, 0.5) is 0 Å². The standard InChI is InChI=1S/C17H22O2/c1-2-5-14(4-1)18-15-7-6-13-8-11-17(9-3-10-17)19-16(13)12-15/h6-7,12,14H,1-5,8-11H2. The summed E-state index contributed by atoms with van der Waals surface area (Å²) in [4.78, 5) is 0. The minimum absolute atomic E-state index is 0.180. The van der Waals surface area contributed by atoms with Gasteiger partial charge in [0, 0.05) is 6.07 Å². The molecule has 1 spiro atoms. The molecule has 1 aromatic carbocycles. The molecular formula is C17H22O2. The Bertz CT molecular complexity index is 470. The second kappa shape index (κ2) is 4.43. The van der Waals surface area contributed by atoms with Crippen molar-refractivity contribution in [1.82, 2.24) is 0 Å². The molecule has 1 aromatic rings. The van der Waals surface area contributed by atoms with Gasteiger partial charge in [-0.05, 0) is 69.4 Å². The van der Waals surface area contributed by atoms with E-state index in [1.54, 1.807) is 0 Å². The number of ether oxygens (including phenoxy) is 2. The van der Waals surface area contributed by atoms with Crippen LogP contribution in [0.3, 0.4) is 0 Å². The maximum Gasteiger partial charge on any atom is 0.127 e. The Balaban J connectivity index is 1.53. The fourth-order valence-corrected chi connectivity index (χ4v) is 3.68. The van der Waals surface area contributed by atoms with Crippen molar-refractivity contribution in [2.75, 3.05) is 0 Å². The first-order valence-electron chi connectivity index (χ1n) is 7.82. The zero-order valence-corrected chi connectivity index (χ0v) is 11.5. The molecule has 0 atom stereocenters. The molecule has 1 aliphatic heterocycles. The van der Waals surface area contributed by atoms with Gasteiger partial charge in [-0.1, -0.05) is 6.07 Å². The van der Waals surface area contributed by atoms with Crippen molar-refractivity contribution in [1.29, 1.82) is 0 Å². The molecule has 2 saturated carbocycles. The summed E-state index contributed by atoms with van der Waals surface area (Å²) in [6, 6.07) is 6.46. The number of hydrogen-bond donors (Lipinski definition) is 0. The molecule has 1 heterocycles. The lowest BCUT2D eigenvalue weighted by molar-refractivity contribution is -0.0251. The molecule has 2 fully saturated rings. The maximum atomic E-state index is 6.28. The Morgan fingerprint density at radius 2 is 1.89 bits per heavy atom. The molecule has 3 aliphatic rings. The maximum absolute atomic E-state index is 6.28. The highest BCUT2D eigenvalue weighted by Gasteiger charge is 2.41. The number of rotatable bonds is 2.